The van der Waals surface area contributed by atoms with Crippen molar-refractivity contribution in [3.8, 4) is 34.2 Å². The Kier molecular flexibility index (Phi) is 6.07. The van der Waals surface area contributed by atoms with E-state index in [0.29, 0.717) is 17.5 Å². The van der Waals surface area contributed by atoms with Gasteiger partial charge in [0.1, 0.15) is 0 Å². The van der Waals surface area contributed by atoms with Gasteiger partial charge in [0.05, 0.1) is 0 Å². The molecule has 0 radical (unpaired) electrons. The van der Waals surface area contributed by atoms with Crippen LogP contribution < -0.4 is 5.32 Å². The van der Waals surface area contributed by atoms with Gasteiger partial charge in [0.2, 0.25) is 0 Å². The molecule has 174 valence electrons. The summed E-state index contributed by atoms with van der Waals surface area (Å²) in [5, 5.41) is 3.46. The quantitative estimate of drug-likeness (QED) is 0.343. The van der Waals surface area contributed by atoms with Crippen LogP contribution in [0.5, 0.6) is 0 Å². The Morgan fingerprint density at radius 2 is 1.00 bits per heavy atom. The molecule has 0 spiro atoms. The predicted octanol–water partition coefficient (Wildman–Crippen LogP) is 7.02. The molecule has 4 heteroatoms. The normalized spacial score (nSPS) is 14.9. The Morgan fingerprint density at radius 3 is 1.50 bits per heavy atom. The zero-order chi connectivity index (χ0) is 24.2. The van der Waals surface area contributed by atoms with Crippen molar-refractivity contribution in [2.75, 3.05) is 6.54 Å². The van der Waals surface area contributed by atoms with E-state index in [1.807, 2.05) is 60.7 Å². The van der Waals surface area contributed by atoms with Gasteiger partial charge in [-0.2, -0.15) is 0 Å². The van der Waals surface area contributed by atoms with Crippen molar-refractivity contribution < 1.29 is 0 Å². The molecule has 2 aliphatic rings. The highest BCUT2D eigenvalue weighted by Gasteiger charge is 2.14. The number of nitrogens with zero attached hydrogens (tertiary/aromatic N) is 3. The molecule has 0 unspecified atom stereocenters. The molecule has 0 atom stereocenters. The van der Waals surface area contributed by atoms with Gasteiger partial charge in [-0.25, -0.2) is 15.0 Å². The fourth-order valence-electron chi connectivity index (χ4n) is 4.55. The molecule has 0 fully saturated rings. The first kappa shape index (κ1) is 21.9. The minimum absolute atomic E-state index is 0.677. The molecule has 0 amide bonds. The summed E-state index contributed by atoms with van der Waals surface area (Å²) in [5.41, 5.74) is 8.12. The maximum atomic E-state index is 4.84. The van der Waals surface area contributed by atoms with Crippen LogP contribution in [0.4, 0.5) is 0 Å². The minimum Gasteiger partial charge on any atom is -0.381 e. The summed E-state index contributed by atoms with van der Waals surface area (Å²) in [4.78, 5) is 14.5. The van der Waals surface area contributed by atoms with Crippen LogP contribution in [-0.2, 0) is 0 Å². The van der Waals surface area contributed by atoms with E-state index in [4.69, 9.17) is 15.0 Å². The summed E-state index contributed by atoms with van der Waals surface area (Å²) >= 11 is 0. The van der Waals surface area contributed by atoms with Crippen LogP contribution in [0.2, 0.25) is 0 Å². The summed E-state index contributed by atoms with van der Waals surface area (Å²) in [7, 11) is 0. The van der Waals surface area contributed by atoms with Gasteiger partial charge in [-0.05, 0) is 35.6 Å². The molecule has 2 heterocycles. The second kappa shape index (κ2) is 9.96. The van der Waals surface area contributed by atoms with Crippen molar-refractivity contribution in [3.63, 3.8) is 0 Å². The van der Waals surface area contributed by atoms with E-state index < -0.39 is 0 Å². The SMILES string of the molecule is C1=CCNC(C2=CC=C(c3ccc(-c4nc(-c5ccccc5)nc(-c5ccccc5)n4)cc3)CC2)=C1. The second-order valence-electron chi connectivity index (χ2n) is 8.89. The van der Waals surface area contributed by atoms with E-state index in [1.54, 1.807) is 0 Å². The Morgan fingerprint density at radius 1 is 0.500 bits per heavy atom. The van der Waals surface area contributed by atoms with Crippen LogP contribution in [0.1, 0.15) is 18.4 Å². The molecule has 0 saturated carbocycles. The zero-order valence-corrected chi connectivity index (χ0v) is 19.9. The fraction of sp³-hybridized carbons (Fsp3) is 0.0938. The molecule has 1 N–H and O–H groups in total. The van der Waals surface area contributed by atoms with Crippen LogP contribution in [0, 0.1) is 0 Å². The number of rotatable bonds is 5. The smallest absolute Gasteiger partial charge is 0.164 e. The first-order chi connectivity index (χ1) is 17.8. The topological polar surface area (TPSA) is 50.7 Å². The van der Waals surface area contributed by atoms with Gasteiger partial charge in [0.15, 0.2) is 17.5 Å². The lowest BCUT2D eigenvalue weighted by molar-refractivity contribution is 0.856. The van der Waals surface area contributed by atoms with Crippen LogP contribution in [-0.4, -0.2) is 21.5 Å². The highest BCUT2D eigenvalue weighted by atomic mass is 15.0. The van der Waals surface area contributed by atoms with Crippen molar-refractivity contribution in [1.82, 2.24) is 20.3 Å². The molecule has 4 nitrogen and oxygen atoms in total. The first-order valence-corrected chi connectivity index (χ1v) is 12.3. The standard InChI is InChI=1S/C32H26N4/c1-3-9-26(10-4-1)30-34-31(27-11-5-2-6-12-27)36-32(35-30)28-20-16-24(17-21-28)23-14-18-25(19-15-23)29-13-7-8-22-33-29/h1-14,16-18,20-21,33H,15,19,22H2. The highest BCUT2D eigenvalue weighted by Crippen LogP contribution is 2.31. The molecule has 36 heavy (non-hydrogen) atoms. The molecule has 6 rings (SSSR count). The zero-order valence-electron chi connectivity index (χ0n) is 19.9. The van der Waals surface area contributed by atoms with E-state index in [-0.39, 0.29) is 0 Å². The molecule has 0 saturated heterocycles. The molecule has 1 aliphatic heterocycles. The summed E-state index contributed by atoms with van der Waals surface area (Å²) in [6, 6.07) is 28.7. The van der Waals surface area contributed by atoms with Gasteiger partial charge in [-0.15, -0.1) is 0 Å². The van der Waals surface area contributed by atoms with E-state index in [0.717, 1.165) is 36.1 Å². The van der Waals surface area contributed by atoms with Gasteiger partial charge in [-0.3, -0.25) is 0 Å². The van der Waals surface area contributed by atoms with Crippen molar-refractivity contribution in [1.29, 1.82) is 0 Å². The third-order valence-electron chi connectivity index (χ3n) is 6.52. The minimum atomic E-state index is 0.677. The Hall–Kier alpha value is -4.57. The summed E-state index contributed by atoms with van der Waals surface area (Å²) in [6.07, 6.45) is 13.0. The molecular formula is C32H26N4. The average Bonchev–Trinajstić information content (AvgIpc) is 2.98. The third-order valence-corrected chi connectivity index (χ3v) is 6.52. The van der Waals surface area contributed by atoms with Crippen LogP contribution in [0.3, 0.4) is 0 Å². The number of hydrogen-bond donors (Lipinski definition) is 1. The largest absolute Gasteiger partial charge is 0.381 e. The summed E-state index contributed by atoms with van der Waals surface area (Å²) < 4.78 is 0. The van der Waals surface area contributed by atoms with Gasteiger partial charge in [0.25, 0.3) is 0 Å². The lowest BCUT2D eigenvalue weighted by atomic mass is 9.91. The van der Waals surface area contributed by atoms with Crippen LogP contribution in [0.25, 0.3) is 39.7 Å². The number of dihydropyridines is 1. The Labute approximate surface area is 211 Å². The maximum Gasteiger partial charge on any atom is 0.164 e. The van der Waals surface area contributed by atoms with Gasteiger partial charge in [0, 0.05) is 28.9 Å². The second-order valence-corrected chi connectivity index (χ2v) is 8.89. The summed E-state index contributed by atoms with van der Waals surface area (Å²) in [5.74, 6) is 2.03. The predicted molar refractivity (Wildman–Crippen MR) is 147 cm³/mol. The van der Waals surface area contributed by atoms with E-state index >= 15 is 0 Å². The highest BCUT2D eigenvalue weighted by molar-refractivity contribution is 5.72. The first-order valence-electron chi connectivity index (χ1n) is 12.3. The number of hydrogen-bond acceptors (Lipinski definition) is 4. The lowest BCUT2D eigenvalue weighted by Crippen LogP contribution is -2.17. The van der Waals surface area contributed by atoms with Crippen LogP contribution in [0.15, 0.2) is 127 Å². The number of benzene rings is 3. The molecule has 3 aromatic carbocycles. The molecule has 1 aromatic heterocycles. The Bertz CT molecular complexity index is 1440. The Balaban J connectivity index is 1.32. The van der Waals surface area contributed by atoms with E-state index in [9.17, 15) is 0 Å². The monoisotopic (exact) mass is 466 g/mol. The van der Waals surface area contributed by atoms with Crippen LogP contribution >= 0.6 is 0 Å². The van der Waals surface area contributed by atoms with E-state index in [2.05, 4.69) is 60.0 Å². The average molecular weight is 467 g/mol. The fourth-order valence-corrected chi connectivity index (χ4v) is 4.55. The summed E-state index contributed by atoms with van der Waals surface area (Å²) in [6.45, 7) is 0.899. The molecule has 0 bridgehead atoms. The van der Waals surface area contributed by atoms with E-state index in [1.165, 1.54) is 22.4 Å². The molecular weight excluding hydrogens is 440 g/mol. The van der Waals surface area contributed by atoms with Gasteiger partial charge >= 0.3 is 0 Å². The number of allylic oxidation sites excluding steroid dienone is 6. The van der Waals surface area contributed by atoms with Gasteiger partial charge in [-0.1, -0.05) is 109 Å². The third kappa shape index (κ3) is 4.66. The van der Waals surface area contributed by atoms with Crippen molar-refractivity contribution >= 4 is 5.57 Å². The number of aromatic nitrogens is 3. The number of nitrogens with one attached hydrogen (secondary N) is 1. The molecule has 4 aromatic rings. The van der Waals surface area contributed by atoms with Crippen molar-refractivity contribution in [2.45, 2.75) is 12.8 Å². The van der Waals surface area contributed by atoms with Crippen molar-refractivity contribution in [3.05, 3.63) is 132 Å². The lowest BCUT2D eigenvalue weighted by Gasteiger charge is -2.19. The molecule has 1 aliphatic carbocycles. The van der Waals surface area contributed by atoms with Gasteiger partial charge < -0.3 is 5.32 Å². The maximum absolute atomic E-state index is 4.84. The van der Waals surface area contributed by atoms with Crippen molar-refractivity contribution in [2.24, 2.45) is 0 Å².